The molecule has 0 bridgehead atoms. The van der Waals surface area contributed by atoms with Gasteiger partial charge in [0.05, 0.1) is 22.7 Å². The van der Waals surface area contributed by atoms with Gasteiger partial charge in [-0.25, -0.2) is 0 Å². The first-order valence-corrected chi connectivity index (χ1v) is 14.0. The van der Waals surface area contributed by atoms with E-state index in [4.69, 9.17) is 0 Å². The monoisotopic (exact) mass is 500 g/mol. The third-order valence-electron chi connectivity index (χ3n) is 10.7. The summed E-state index contributed by atoms with van der Waals surface area (Å²) in [6.45, 7) is 20.1. The lowest BCUT2D eigenvalue weighted by molar-refractivity contribution is 0.683. The van der Waals surface area contributed by atoms with Crippen LogP contribution in [0.5, 0.6) is 0 Å². The molecule has 8 rings (SSSR count). The molecule has 4 aromatic rings. The summed E-state index contributed by atoms with van der Waals surface area (Å²) in [7, 11) is 0. The molecule has 2 unspecified atom stereocenters. The minimum atomic E-state index is 0.182. The summed E-state index contributed by atoms with van der Waals surface area (Å²) >= 11 is 0. The van der Waals surface area contributed by atoms with Crippen molar-refractivity contribution in [2.24, 2.45) is 0 Å². The number of benzene rings is 4. The van der Waals surface area contributed by atoms with Crippen LogP contribution in [0.3, 0.4) is 0 Å². The zero-order chi connectivity index (χ0) is 26.4. The van der Waals surface area contributed by atoms with Crippen molar-refractivity contribution in [3.05, 3.63) is 91.0 Å². The van der Waals surface area contributed by atoms with Crippen LogP contribution in [0.1, 0.15) is 79.1 Å². The minimum absolute atomic E-state index is 0.182. The third kappa shape index (κ3) is 2.43. The number of nitrogens with one attached hydrogen (secondary N) is 2. The number of hydrogen-bond donors (Lipinski definition) is 2. The zero-order valence-electron chi connectivity index (χ0n) is 23.8. The summed E-state index contributed by atoms with van der Waals surface area (Å²) in [4.78, 5) is 5.22. The van der Waals surface area contributed by atoms with Gasteiger partial charge in [0.25, 0.3) is 0 Å². The minimum Gasteiger partial charge on any atom is -0.360 e. The maximum Gasteiger partial charge on any atom is 0.127 e. The Bertz CT molecular complexity index is 1650. The molecule has 4 aliphatic rings. The Labute approximate surface area is 225 Å². The molecule has 4 aliphatic heterocycles. The summed E-state index contributed by atoms with van der Waals surface area (Å²) in [5.74, 6) is 0. The van der Waals surface area contributed by atoms with Gasteiger partial charge in [-0.15, -0.1) is 0 Å². The Morgan fingerprint density at radius 1 is 0.500 bits per heavy atom. The number of nitrogens with zero attached hydrogens (tertiary/aromatic N) is 2. The van der Waals surface area contributed by atoms with E-state index in [1.54, 1.807) is 0 Å². The molecule has 2 N–H and O–H groups in total. The summed E-state index contributed by atoms with van der Waals surface area (Å²) in [6.07, 6.45) is 0.365. The predicted molar refractivity (Wildman–Crippen MR) is 160 cm³/mol. The molecular weight excluding hydrogens is 464 g/mol. The molecule has 0 radical (unpaired) electrons. The van der Waals surface area contributed by atoms with Crippen LogP contribution in [0.4, 0.5) is 22.7 Å². The number of hydrogen-bond acceptors (Lipinski definition) is 4. The van der Waals surface area contributed by atoms with Crippen molar-refractivity contribution in [3.8, 4) is 0 Å². The number of fused-ring (bicyclic) bond motifs is 8. The van der Waals surface area contributed by atoms with Crippen LogP contribution in [-0.2, 0) is 13.1 Å². The lowest BCUT2D eigenvalue weighted by Crippen LogP contribution is -2.35. The van der Waals surface area contributed by atoms with Crippen molar-refractivity contribution in [1.82, 2.24) is 0 Å². The first-order valence-electron chi connectivity index (χ1n) is 14.0. The summed E-state index contributed by atoms with van der Waals surface area (Å²) < 4.78 is 0. The largest absolute Gasteiger partial charge is 0.360 e. The second-order valence-electron chi connectivity index (χ2n) is 12.2. The topological polar surface area (TPSA) is 30.5 Å². The van der Waals surface area contributed by atoms with Crippen LogP contribution in [0, 0.1) is 55.4 Å². The van der Waals surface area contributed by atoms with Crippen molar-refractivity contribution in [2.75, 3.05) is 20.4 Å². The van der Waals surface area contributed by atoms with Gasteiger partial charge in [-0.2, -0.15) is 0 Å². The van der Waals surface area contributed by atoms with E-state index in [2.05, 4.69) is 100 Å². The van der Waals surface area contributed by atoms with Gasteiger partial charge in [0, 0.05) is 24.2 Å². The average Bonchev–Trinajstić information content (AvgIpc) is 3.50. The molecule has 0 amide bonds. The van der Waals surface area contributed by atoms with E-state index >= 15 is 0 Å². The summed E-state index contributed by atoms with van der Waals surface area (Å²) in [6, 6.07) is 9.64. The molecule has 38 heavy (non-hydrogen) atoms. The van der Waals surface area contributed by atoms with Crippen LogP contribution in [0.25, 0.3) is 10.8 Å². The normalized spacial score (nSPS) is 19.7. The molecule has 4 nitrogen and oxygen atoms in total. The molecule has 4 heterocycles. The molecule has 0 aromatic heterocycles. The maximum atomic E-state index is 3.98. The van der Waals surface area contributed by atoms with Crippen molar-refractivity contribution < 1.29 is 0 Å². The van der Waals surface area contributed by atoms with Gasteiger partial charge in [0.2, 0.25) is 0 Å². The lowest BCUT2D eigenvalue weighted by Gasteiger charge is -2.39. The highest BCUT2D eigenvalue weighted by Gasteiger charge is 2.42. The summed E-state index contributed by atoms with van der Waals surface area (Å²) in [5.41, 5.74) is 22.4. The molecular formula is C34H36N4. The van der Waals surface area contributed by atoms with E-state index in [1.165, 1.54) is 100 Å². The molecule has 2 atom stereocenters. The van der Waals surface area contributed by atoms with Gasteiger partial charge in [-0.3, -0.25) is 0 Å². The van der Waals surface area contributed by atoms with E-state index in [0.29, 0.717) is 0 Å². The zero-order valence-corrected chi connectivity index (χ0v) is 23.8. The van der Waals surface area contributed by atoms with Gasteiger partial charge < -0.3 is 20.4 Å². The van der Waals surface area contributed by atoms with Crippen LogP contribution < -0.4 is 20.4 Å². The van der Waals surface area contributed by atoms with Gasteiger partial charge in [0.15, 0.2) is 0 Å². The van der Waals surface area contributed by atoms with Crippen LogP contribution in [0.2, 0.25) is 0 Å². The highest BCUT2D eigenvalue weighted by Crippen LogP contribution is 2.56. The van der Waals surface area contributed by atoms with E-state index < -0.39 is 0 Å². The van der Waals surface area contributed by atoms with Crippen molar-refractivity contribution in [3.63, 3.8) is 0 Å². The smallest absolute Gasteiger partial charge is 0.127 e. The highest BCUT2D eigenvalue weighted by atomic mass is 15.3. The molecule has 4 aromatic carbocycles. The van der Waals surface area contributed by atoms with Crippen LogP contribution in [0.15, 0.2) is 24.3 Å². The predicted octanol–water partition coefficient (Wildman–Crippen LogP) is 8.20. The maximum absolute atomic E-state index is 3.98. The molecule has 0 spiro atoms. The average molecular weight is 501 g/mol. The van der Waals surface area contributed by atoms with Gasteiger partial charge >= 0.3 is 0 Å². The summed E-state index contributed by atoms with van der Waals surface area (Å²) in [5, 5.41) is 10.9. The second-order valence-corrected chi connectivity index (χ2v) is 12.2. The molecule has 0 fully saturated rings. The molecule has 192 valence electrons. The van der Waals surface area contributed by atoms with Crippen LogP contribution in [-0.4, -0.2) is 0 Å². The Hall–Kier alpha value is -3.66. The Morgan fingerprint density at radius 2 is 0.868 bits per heavy atom. The van der Waals surface area contributed by atoms with Crippen molar-refractivity contribution in [2.45, 2.75) is 80.8 Å². The third-order valence-corrected chi connectivity index (χ3v) is 10.7. The van der Waals surface area contributed by atoms with Crippen molar-refractivity contribution in [1.29, 1.82) is 0 Å². The molecule has 0 aliphatic carbocycles. The standard InChI is InChI=1S/C34H36N4/c1-15-17(3)21(7)31-29(19(15)5)35-33-25-11-12-26-28-24(10-9-23(27(25)28)13-37(31)33)14-38-32-22(8)18(4)16(2)20(6)30(32)36-34(26)38/h9-12,33-36H,13-14H2,1-8H3. The van der Waals surface area contributed by atoms with E-state index in [1.807, 2.05) is 0 Å². The van der Waals surface area contributed by atoms with Gasteiger partial charge in [0.1, 0.15) is 12.3 Å². The van der Waals surface area contributed by atoms with Gasteiger partial charge in [-0.1, -0.05) is 24.3 Å². The lowest BCUT2D eigenvalue weighted by atomic mass is 9.85. The quantitative estimate of drug-likeness (QED) is 0.255. The Kier molecular flexibility index (Phi) is 4.14. The van der Waals surface area contributed by atoms with Gasteiger partial charge in [-0.05, 0) is 122 Å². The van der Waals surface area contributed by atoms with Crippen LogP contribution >= 0.6 is 0 Å². The Balaban J connectivity index is 1.31. The molecule has 0 saturated carbocycles. The SMILES string of the molecule is Cc1c(C)c(C)c2c(c1C)NC1c3ccc4c5c(ccc(c35)CN21)CN1c2c(C)c(C)c(C)c(C)c2NC41. The van der Waals surface area contributed by atoms with E-state index in [0.717, 1.165) is 13.1 Å². The number of anilines is 4. The second kappa shape index (κ2) is 7.05. The van der Waals surface area contributed by atoms with E-state index in [9.17, 15) is 0 Å². The first-order chi connectivity index (χ1) is 18.2. The first kappa shape index (κ1) is 22.3. The number of rotatable bonds is 0. The molecule has 4 heteroatoms. The fraction of sp³-hybridized carbons (Fsp3) is 0.353. The van der Waals surface area contributed by atoms with Crippen molar-refractivity contribution >= 4 is 33.5 Å². The highest BCUT2D eigenvalue weighted by molar-refractivity contribution is 6.01. The fourth-order valence-corrected chi connectivity index (χ4v) is 7.96. The Morgan fingerprint density at radius 3 is 1.26 bits per heavy atom. The molecule has 0 saturated heterocycles. The van der Waals surface area contributed by atoms with E-state index in [-0.39, 0.29) is 12.3 Å². The fourth-order valence-electron chi connectivity index (χ4n) is 7.96.